The fraction of sp³-hybridized carbons (Fsp3) is 0.500. The maximum Gasteiger partial charge on any atom is 0.335 e. The van der Waals surface area contributed by atoms with Crippen LogP contribution in [0.3, 0.4) is 0 Å². The third-order valence-electron chi connectivity index (χ3n) is 3.69. The van der Waals surface area contributed by atoms with E-state index in [1.54, 1.807) is 12.1 Å². The van der Waals surface area contributed by atoms with Gasteiger partial charge in [-0.25, -0.2) is 4.79 Å². The lowest BCUT2D eigenvalue weighted by Gasteiger charge is -2.40. The zero-order valence-electron chi connectivity index (χ0n) is 11.5. The lowest BCUT2D eigenvalue weighted by molar-refractivity contribution is 0.0695. The van der Waals surface area contributed by atoms with E-state index in [2.05, 4.69) is 17.1 Å². The van der Waals surface area contributed by atoms with Crippen molar-refractivity contribution in [2.24, 2.45) is 0 Å². The van der Waals surface area contributed by atoms with Crippen molar-refractivity contribution in [3.05, 3.63) is 23.8 Å². The van der Waals surface area contributed by atoms with Crippen molar-refractivity contribution in [2.75, 3.05) is 25.5 Å². The van der Waals surface area contributed by atoms with Gasteiger partial charge in [-0.2, -0.15) is 0 Å². The molecule has 1 heterocycles. The third-order valence-corrected chi connectivity index (χ3v) is 3.69. The molecule has 0 saturated carbocycles. The summed E-state index contributed by atoms with van der Waals surface area (Å²) in [6.07, 6.45) is 0.952. The van der Waals surface area contributed by atoms with Crippen LogP contribution in [0.5, 0.6) is 5.75 Å². The van der Waals surface area contributed by atoms with E-state index in [1.807, 2.05) is 20.2 Å². The second-order valence-electron chi connectivity index (χ2n) is 4.89. The topological polar surface area (TPSA) is 61.8 Å². The second-order valence-corrected chi connectivity index (χ2v) is 4.89. The minimum Gasteiger partial charge on any atom is -0.486 e. The van der Waals surface area contributed by atoms with Crippen LogP contribution in [0.25, 0.3) is 0 Å². The zero-order chi connectivity index (χ0) is 14.0. The van der Waals surface area contributed by atoms with Gasteiger partial charge >= 0.3 is 5.97 Å². The van der Waals surface area contributed by atoms with Crippen LogP contribution in [-0.4, -0.2) is 43.9 Å². The number of anilines is 1. The maximum atomic E-state index is 11.0. The average Bonchev–Trinajstić information content (AvgIpc) is 2.40. The number of rotatable bonds is 4. The monoisotopic (exact) mass is 264 g/mol. The fourth-order valence-electron chi connectivity index (χ4n) is 2.35. The molecule has 0 fully saturated rings. The van der Waals surface area contributed by atoms with Crippen LogP contribution < -0.4 is 15.0 Å². The minimum absolute atomic E-state index is 0.0639. The molecule has 0 spiro atoms. The molecule has 104 valence electrons. The molecule has 0 radical (unpaired) electrons. The van der Waals surface area contributed by atoms with E-state index in [0.717, 1.165) is 18.7 Å². The van der Waals surface area contributed by atoms with Gasteiger partial charge in [-0.05, 0) is 45.1 Å². The molecule has 1 aliphatic rings. The highest BCUT2D eigenvalue weighted by molar-refractivity contribution is 5.89. The van der Waals surface area contributed by atoms with E-state index < -0.39 is 5.97 Å². The number of carbonyl (C=O) groups is 1. The molecular weight excluding hydrogens is 244 g/mol. The third kappa shape index (κ3) is 2.66. The number of carboxylic acids is 1. The lowest BCUT2D eigenvalue weighted by Crippen LogP contribution is -2.47. The molecule has 2 rings (SSSR count). The summed E-state index contributed by atoms with van der Waals surface area (Å²) in [5.41, 5.74) is 1.20. The molecule has 2 N–H and O–H groups in total. The molecular formula is C14H20N2O3. The average molecular weight is 264 g/mol. The molecule has 1 aliphatic heterocycles. The number of nitrogens with zero attached hydrogens (tertiary/aromatic N) is 1. The van der Waals surface area contributed by atoms with Crippen molar-refractivity contribution in [1.82, 2.24) is 5.32 Å². The Morgan fingerprint density at radius 2 is 2.26 bits per heavy atom. The van der Waals surface area contributed by atoms with Crippen molar-refractivity contribution in [1.29, 1.82) is 0 Å². The second kappa shape index (κ2) is 5.48. The first kappa shape index (κ1) is 13.7. The zero-order valence-corrected chi connectivity index (χ0v) is 11.5. The van der Waals surface area contributed by atoms with Gasteiger partial charge in [0.1, 0.15) is 11.9 Å². The van der Waals surface area contributed by atoms with Gasteiger partial charge < -0.3 is 20.1 Å². The van der Waals surface area contributed by atoms with Crippen LogP contribution >= 0.6 is 0 Å². The summed E-state index contributed by atoms with van der Waals surface area (Å²) in [5, 5.41) is 12.1. The molecule has 0 amide bonds. The van der Waals surface area contributed by atoms with E-state index in [0.29, 0.717) is 5.75 Å². The summed E-state index contributed by atoms with van der Waals surface area (Å²) in [4.78, 5) is 13.2. The first-order chi connectivity index (χ1) is 9.04. The van der Waals surface area contributed by atoms with Crippen LogP contribution in [0, 0.1) is 0 Å². The molecule has 0 aliphatic carbocycles. The summed E-state index contributed by atoms with van der Waals surface area (Å²) in [5.74, 6) is -0.277. The Hall–Kier alpha value is -1.75. The van der Waals surface area contributed by atoms with Gasteiger partial charge in [0.25, 0.3) is 0 Å². The van der Waals surface area contributed by atoms with Gasteiger partial charge in [0.15, 0.2) is 0 Å². The summed E-state index contributed by atoms with van der Waals surface area (Å²) in [6, 6.07) is 5.29. The number of nitrogens with one attached hydrogen (secondary N) is 1. The van der Waals surface area contributed by atoms with E-state index >= 15 is 0 Å². The van der Waals surface area contributed by atoms with Gasteiger partial charge in [0.05, 0.1) is 17.3 Å². The largest absolute Gasteiger partial charge is 0.486 e. The predicted molar refractivity (Wildman–Crippen MR) is 74.2 cm³/mol. The Bertz CT molecular complexity index is 476. The SMILES string of the molecule is CNCCC1Oc2cc(C(=O)O)ccc2N(C)C1C. The number of aromatic carboxylic acids is 1. The molecule has 1 aromatic rings. The highest BCUT2D eigenvalue weighted by Gasteiger charge is 2.30. The predicted octanol–water partition coefficient (Wildman–Crippen LogP) is 1.58. The van der Waals surface area contributed by atoms with Crippen LogP contribution in [-0.2, 0) is 0 Å². The van der Waals surface area contributed by atoms with Gasteiger partial charge in [-0.15, -0.1) is 0 Å². The molecule has 0 aromatic heterocycles. The quantitative estimate of drug-likeness (QED) is 0.864. The smallest absolute Gasteiger partial charge is 0.335 e. The number of ether oxygens (including phenoxy) is 1. The number of likely N-dealkylation sites (N-methyl/N-ethyl adjacent to an activating group) is 1. The van der Waals surface area contributed by atoms with Crippen molar-refractivity contribution in [3.63, 3.8) is 0 Å². The van der Waals surface area contributed by atoms with Gasteiger partial charge in [-0.1, -0.05) is 0 Å². The number of hydrogen-bond acceptors (Lipinski definition) is 4. The molecule has 1 aromatic carbocycles. The normalized spacial score (nSPS) is 21.7. The van der Waals surface area contributed by atoms with Gasteiger partial charge in [0, 0.05) is 7.05 Å². The molecule has 0 bridgehead atoms. The van der Waals surface area contributed by atoms with Crippen molar-refractivity contribution in [3.8, 4) is 5.75 Å². The van der Waals surface area contributed by atoms with Crippen LogP contribution in [0.1, 0.15) is 23.7 Å². The van der Waals surface area contributed by atoms with Crippen molar-refractivity contribution >= 4 is 11.7 Å². The first-order valence-corrected chi connectivity index (χ1v) is 6.46. The number of carboxylic acid groups (broad SMARTS) is 1. The van der Waals surface area contributed by atoms with Gasteiger partial charge in [-0.3, -0.25) is 0 Å². The van der Waals surface area contributed by atoms with E-state index in [9.17, 15) is 4.79 Å². The Labute approximate surface area is 113 Å². The highest BCUT2D eigenvalue weighted by atomic mass is 16.5. The number of fused-ring (bicyclic) bond motifs is 1. The Kier molecular flexibility index (Phi) is 3.95. The van der Waals surface area contributed by atoms with Crippen molar-refractivity contribution < 1.29 is 14.6 Å². The highest BCUT2D eigenvalue weighted by Crippen LogP contribution is 2.36. The van der Waals surface area contributed by atoms with E-state index in [-0.39, 0.29) is 17.7 Å². The molecule has 19 heavy (non-hydrogen) atoms. The molecule has 5 nitrogen and oxygen atoms in total. The fourth-order valence-corrected chi connectivity index (χ4v) is 2.35. The van der Waals surface area contributed by atoms with Gasteiger partial charge in [0.2, 0.25) is 0 Å². The molecule has 2 atom stereocenters. The Morgan fingerprint density at radius 1 is 1.53 bits per heavy atom. The van der Waals surface area contributed by atoms with Crippen LogP contribution in [0.15, 0.2) is 18.2 Å². The Morgan fingerprint density at radius 3 is 2.89 bits per heavy atom. The van der Waals surface area contributed by atoms with Crippen molar-refractivity contribution in [2.45, 2.75) is 25.5 Å². The summed E-state index contributed by atoms with van der Waals surface area (Å²) in [7, 11) is 3.92. The van der Waals surface area contributed by atoms with E-state index in [4.69, 9.17) is 9.84 Å². The summed E-state index contributed by atoms with van der Waals surface area (Å²) in [6.45, 7) is 2.99. The Balaban J connectivity index is 2.28. The first-order valence-electron chi connectivity index (χ1n) is 6.46. The summed E-state index contributed by atoms with van der Waals surface area (Å²) >= 11 is 0. The molecule has 5 heteroatoms. The maximum absolute atomic E-state index is 11.0. The minimum atomic E-state index is -0.931. The molecule has 2 unspecified atom stereocenters. The summed E-state index contributed by atoms with van der Waals surface area (Å²) < 4.78 is 5.96. The van der Waals surface area contributed by atoms with Crippen LogP contribution in [0.4, 0.5) is 5.69 Å². The molecule has 0 saturated heterocycles. The standard InChI is InChI=1S/C14H20N2O3/c1-9-12(6-7-15-2)19-13-8-10(14(17)18)4-5-11(13)16(9)3/h4-5,8-9,12,15H,6-7H2,1-3H3,(H,17,18). The van der Waals surface area contributed by atoms with E-state index in [1.165, 1.54) is 0 Å². The lowest BCUT2D eigenvalue weighted by atomic mass is 10.0. The number of benzene rings is 1. The number of hydrogen-bond donors (Lipinski definition) is 2. The van der Waals surface area contributed by atoms with Crippen LogP contribution in [0.2, 0.25) is 0 Å².